The maximum Gasteiger partial charge on any atom is 0.416 e. The van der Waals surface area contributed by atoms with Crippen LogP contribution in [0.2, 0.25) is 0 Å². The average molecular weight is 417 g/mol. The van der Waals surface area contributed by atoms with Gasteiger partial charge in [-0.3, -0.25) is 9.59 Å². The summed E-state index contributed by atoms with van der Waals surface area (Å²) in [5, 5.41) is 8.01. The van der Waals surface area contributed by atoms with Crippen LogP contribution in [0, 0.1) is 0 Å². The fourth-order valence-corrected chi connectivity index (χ4v) is 2.59. The molecule has 0 unspecified atom stereocenters. The third kappa shape index (κ3) is 5.87. The Bertz CT molecular complexity index is 1020. The number of nitrogens with one attached hydrogen (secondary N) is 3. The van der Waals surface area contributed by atoms with E-state index in [2.05, 4.69) is 16.0 Å². The standard InChI is InChI=1S/C21H18F3N3O3/c22-21(23,24)15-5-2-7-17(11-15)27-20(29)14-4-1-6-16(10-14)25-13-19(28)26-12-18-8-3-9-30-18/h1-11,25H,12-13H2,(H,26,28)(H,27,29). The molecule has 2 amide bonds. The first kappa shape index (κ1) is 21.0. The maximum absolute atomic E-state index is 12.8. The van der Waals surface area contributed by atoms with E-state index in [0.29, 0.717) is 11.4 Å². The van der Waals surface area contributed by atoms with E-state index in [1.807, 2.05) is 0 Å². The van der Waals surface area contributed by atoms with Gasteiger partial charge in [0.25, 0.3) is 5.91 Å². The molecule has 9 heteroatoms. The lowest BCUT2D eigenvalue weighted by atomic mass is 10.1. The topological polar surface area (TPSA) is 83.4 Å². The first-order valence-electron chi connectivity index (χ1n) is 8.93. The highest BCUT2D eigenvalue weighted by atomic mass is 19.4. The van der Waals surface area contributed by atoms with Crippen molar-refractivity contribution in [3.8, 4) is 0 Å². The highest BCUT2D eigenvalue weighted by molar-refractivity contribution is 6.04. The molecule has 0 bridgehead atoms. The lowest BCUT2D eigenvalue weighted by Gasteiger charge is -2.11. The zero-order valence-corrected chi connectivity index (χ0v) is 15.6. The predicted molar refractivity (Wildman–Crippen MR) is 105 cm³/mol. The maximum atomic E-state index is 12.8. The van der Waals surface area contributed by atoms with E-state index in [1.165, 1.54) is 30.5 Å². The van der Waals surface area contributed by atoms with Crippen molar-refractivity contribution >= 4 is 23.2 Å². The summed E-state index contributed by atoms with van der Waals surface area (Å²) in [6.07, 6.45) is -2.99. The van der Waals surface area contributed by atoms with Gasteiger partial charge < -0.3 is 20.4 Å². The quantitative estimate of drug-likeness (QED) is 0.536. The Hall–Kier alpha value is -3.75. The first-order chi connectivity index (χ1) is 14.3. The van der Waals surface area contributed by atoms with Crippen molar-refractivity contribution in [2.24, 2.45) is 0 Å². The van der Waals surface area contributed by atoms with Gasteiger partial charge in [0.2, 0.25) is 5.91 Å². The molecule has 3 aromatic rings. The van der Waals surface area contributed by atoms with Crippen LogP contribution in [0.15, 0.2) is 71.3 Å². The monoisotopic (exact) mass is 417 g/mol. The number of anilines is 2. The summed E-state index contributed by atoms with van der Waals surface area (Å²) in [6, 6.07) is 14.1. The van der Waals surface area contributed by atoms with Gasteiger partial charge in [-0.25, -0.2) is 0 Å². The van der Waals surface area contributed by atoms with Crippen LogP contribution in [0.3, 0.4) is 0 Å². The van der Waals surface area contributed by atoms with Gasteiger partial charge in [0.05, 0.1) is 24.9 Å². The molecule has 1 aromatic heterocycles. The molecule has 3 N–H and O–H groups in total. The number of benzene rings is 2. The number of hydrogen-bond acceptors (Lipinski definition) is 4. The van der Waals surface area contributed by atoms with Crippen LogP contribution in [-0.2, 0) is 17.5 Å². The molecule has 0 fully saturated rings. The predicted octanol–water partition coefficient (Wildman–Crippen LogP) is 4.28. The van der Waals surface area contributed by atoms with Crippen LogP contribution in [-0.4, -0.2) is 18.4 Å². The van der Waals surface area contributed by atoms with Gasteiger partial charge in [-0.15, -0.1) is 0 Å². The number of amides is 2. The molecule has 0 aliphatic rings. The summed E-state index contributed by atoms with van der Waals surface area (Å²) in [5.74, 6) is -0.220. The molecular formula is C21H18F3N3O3. The van der Waals surface area contributed by atoms with E-state index >= 15 is 0 Å². The van der Waals surface area contributed by atoms with Gasteiger partial charge in [-0.2, -0.15) is 13.2 Å². The van der Waals surface area contributed by atoms with Crippen molar-refractivity contribution in [2.75, 3.05) is 17.2 Å². The van der Waals surface area contributed by atoms with Gasteiger partial charge in [0.15, 0.2) is 0 Å². The summed E-state index contributed by atoms with van der Waals surface area (Å²) in [5.41, 5.74) is -0.0741. The second-order valence-corrected chi connectivity index (χ2v) is 6.32. The third-order valence-electron chi connectivity index (χ3n) is 4.07. The molecule has 0 atom stereocenters. The Morgan fingerprint density at radius 3 is 2.43 bits per heavy atom. The SMILES string of the molecule is O=C(CNc1cccc(C(=O)Nc2cccc(C(F)(F)F)c2)c1)NCc1ccco1. The normalized spacial score (nSPS) is 11.0. The second-order valence-electron chi connectivity index (χ2n) is 6.32. The Morgan fingerprint density at radius 2 is 1.70 bits per heavy atom. The average Bonchev–Trinajstić information content (AvgIpc) is 3.24. The van der Waals surface area contributed by atoms with Crippen molar-refractivity contribution in [3.63, 3.8) is 0 Å². The van der Waals surface area contributed by atoms with Crippen molar-refractivity contribution in [3.05, 3.63) is 83.8 Å². The van der Waals surface area contributed by atoms with E-state index in [-0.39, 0.29) is 30.2 Å². The van der Waals surface area contributed by atoms with Crippen molar-refractivity contribution in [2.45, 2.75) is 12.7 Å². The number of rotatable bonds is 7. The van der Waals surface area contributed by atoms with Gasteiger partial charge in [0.1, 0.15) is 5.76 Å². The van der Waals surface area contributed by atoms with E-state index in [9.17, 15) is 22.8 Å². The van der Waals surface area contributed by atoms with Gasteiger partial charge in [-0.05, 0) is 48.5 Å². The number of alkyl halides is 3. The van der Waals surface area contributed by atoms with Crippen molar-refractivity contribution in [1.82, 2.24) is 5.32 Å². The Kier molecular flexibility index (Phi) is 6.41. The van der Waals surface area contributed by atoms with E-state index in [4.69, 9.17) is 4.42 Å². The molecule has 0 saturated carbocycles. The molecule has 3 rings (SSSR count). The molecule has 6 nitrogen and oxygen atoms in total. The minimum Gasteiger partial charge on any atom is -0.467 e. The van der Waals surface area contributed by atoms with Crippen LogP contribution in [0.25, 0.3) is 0 Å². The van der Waals surface area contributed by atoms with E-state index in [1.54, 1.807) is 24.3 Å². The van der Waals surface area contributed by atoms with Crippen LogP contribution in [0.5, 0.6) is 0 Å². The second kappa shape index (κ2) is 9.17. The fraction of sp³-hybridized carbons (Fsp3) is 0.143. The summed E-state index contributed by atoms with van der Waals surface area (Å²) in [7, 11) is 0. The number of furan rings is 1. The lowest BCUT2D eigenvalue weighted by molar-refractivity contribution is -0.137. The summed E-state index contributed by atoms with van der Waals surface area (Å²) in [4.78, 5) is 24.3. The summed E-state index contributed by atoms with van der Waals surface area (Å²) < 4.78 is 43.5. The van der Waals surface area contributed by atoms with Crippen LogP contribution < -0.4 is 16.0 Å². The third-order valence-corrected chi connectivity index (χ3v) is 4.07. The fourth-order valence-electron chi connectivity index (χ4n) is 2.59. The molecule has 156 valence electrons. The molecule has 0 radical (unpaired) electrons. The number of hydrogen-bond donors (Lipinski definition) is 3. The van der Waals surface area contributed by atoms with Crippen molar-refractivity contribution < 1.29 is 27.2 Å². The molecule has 0 spiro atoms. The molecule has 0 aliphatic heterocycles. The Labute approximate surface area is 170 Å². The van der Waals surface area contributed by atoms with Crippen LogP contribution in [0.1, 0.15) is 21.7 Å². The molecule has 0 aliphatic carbocycles. The number of carbonyl (C=O) groups excluding carboxylic acids is 2. The number of carbonyl (C=O) groups is 2. The Balaban J connectivity index is 1.56. The van der Waals surface area contributed by atoms with Gasteiger partial charge in [0, 0.05) is 16.9 Å². The highest BCUT2D eigenvalue weighted by Gasteiger charge is 2.30. The summed E-state index contributed by atoms with van der Waals surface area (Å²) in [6.45, 7) is 0.229. The molecule has 30 heavy (non-hydrogen) atoms. The Morgan fingerprint density at radius 1 is 0.933 bits per heavy atom. The van der Waals surface area contributed by atoms with E-state index < -0.39 is 17.6 Å². The van der Waals surface area contributed by atoms with E-state index in [0.717, 1.165) is 12.1 Å². The van der Waals surface area contributed by atoms with Crippen molar-refractivity contribution in [1.29, 1.82) is 0 Å². The zero-order valence-electron chi connectivity index (χ0n) is 15.6. The minimum absolute atomic E-state index is 0.0284. The first-order valence-corrected chi connectivity index (χ1v) is 8.93. The smallest absolute Gasteiger partial charge is 0.416 e. The molecule has 0 saturated heterocycles. The van der Waals surface area contributed by atoms with Gasteiger partial charge >= 0.3 is 6.18 Å². The molecule has 2 aromatic carbocycles. The molecular weight excluding hydrogens is 399 g/mol. The van der Waals surface area contributed by atoms with Crippen LogP contribution >= 0.6 is 0 Å². The molecule has 1 heterocycles. The highest BCUT2D eigenvalue weighted by Crippen LogP contribution is 2.30. The summed E-state index contributed by atoms with van der Waals surface area (Å²) >= 11 is 0. The van der Waals surface area contributed by atoms with Crippen LogP contribution in [0.4, 0.5) is 24.5 Å². The minimum atomic E-state index is -4.50. The largest absolute Gasteiger partial charge is 0.467 e. The zero-order chi connectivity index (χ0) is 21.6. The van der Waals surface area contributed by atoms with Gasteiger partial charge in [-0.1, -0.05) is 12.1 Å². The number of halogens is 3. The lowest BCUT2D eigenvalue weighted by Crippen LogP contribution is -2.29.